The second-order valence-electron chi connectivity index (χ2n) is 7.21. The third-order valence-electron chi connectivity index (χ3n) is 5.02. The summed E-state index contributed by atoms with van der Waals surface area (Å²) < 4.78 is 7.86. The predicted molar refractivity (Wildman–Crippen MR) is 93.2 cm³/mol. The Morgan fingerprint density at radius 1 is 1.32 bits per heavy atom. The Bertz CT molecular complexity index is 781. The first-order valence-electron chi connectivity index (χ1n) is 8.93. The van der Waals surface area contributed by atoms with E-state index in [-0.39, 0.29) is 11.8 Å². The molecule has 0 spiro atoms. The van der Waals surface area contributed by atoms with Crippen molar-refractivity contribution in [3.63, 3.8) is 0 Å². The Hall–Kier alpha value is -2.21. The van der Waals surface area contributed by atoms with Gasteiger partial charge in [-0.3, -0.25) is 9.48 Å². The Morgan fingerprint density at radius 3 is 2.92 bits per heavy atom. The molecule has 6 nitrogen and oxygen atoms in total. The number of ether oxygens (including phenoxy) is 1. The van der Waals surface area contributed by atoms with Crippen molar-refractivity contribution in [3.8, 4) is 0 Å². The summed E-state index contributed by atoms with van der Waals surface area (Å²) in [5, 5.41) is 4.39. The monoisotopic (exact) mass is 340 g/mol. The fraction of sp³-hybridized carbons (Fsp3) is 0.526. The Kier molecular flexibility index (Phi) is 4.29. The molecule has 2 aromatic heterocycles. The number of carbonyl (C=O) groups excluding carboxylic acids is 1. The van der Waals surface area contributed by atoms with Crippen LogP contribution in [0.2, 0.25) is 0 Å². The van der Waals surface area contributed by atoms with Crippen LogP contribution in [0.1, 0.15) is 46.2 Å². The van der Waals surface area contributed by atoms with Gasteiger partial charge in [-0.2, -0.15) is 5.10 Å². The molecule has 3 heterocycles. The first-order chi connectivity index (χ1) is 12.1. The number of hydrogen-bond donors (Lipinski definition) is 0. The molecule has 1 unspecified atom stereocenters. The van der Waals surface area contributed by atoms with Crippen molar-refractivity contribution < 1.29 is 9.53 Å². The van der Waals surface area contributed by atoms with E-state index in [1.807, 2.05) is 41.9 Å². The van der Waals surface area contributed by atoms with Gasteiger partial charge in [-0.1, -0.05) is 6.07 Å². The number of aromatic nitrogens is 3. The lowest BCUT2D eigenvalue weighted by molar-refractivity contribution is 0.0616. The van der Waals surface area contributed by atoms with Crippen LogP contribution in [0.15, 0.2) is 24.4 Å². The molecule has 25 heavy (non-hydrogen) atoms. The molecule has 1 aliphatic carbocycles. The maximum absolute atomic E-state index is 12.9. The van der Waals surface area contributed by atoms with Gasteiger partial charge in [-0.15, -0.1) is 0 Å². The van der Waals surface area contributed by atoms with Crippen LogP contribution >= 0.6 is 0 Å². The molecule has 1 aliphatic heterocycles. The Morgan fingerprint density at radius 2 is 2.16 bits per heavy atom. The second kappa shape index (κ2) is 6.59. The van der Waals surface area contributed by atoms with Gasteiger partial charge in [0.2, 0.25) is 0 Å². The van der Waals surface area contributed by atoms with Crippen LogP contribution in [0.25, 0.3) is 0 Å². The zero-order chi connectivity index (χ0) is 17.4. The highest BCUT2D eigenvalue weighted by Crippen LogP contribution is 2.31. The van der Waals surface area contributed by atoms with Crippen molar-refractivity contribution in [2.24, 2.45) is 13.0 Å². The average Bonchev–Trinajstić information content (AvgIpc) is 3.36. The maximum Gasteiger partial charge on any atom is 0.272 e. The molecule has 1 saturated carbocycles. The highest BCUT2D eigenvalue weighted by molar-refractivity contribution is 5.92. The van der Waals surface area contributed by atoms with Gasteiger partial charge in [0.25, 0.3) is 5.91 Å². The second-order valence-corrected chi connectivity index (χ2v) is 7.21. The number of rotatable bonds is 5. The summed E-state index contributed by atoms with van der Waals surface area (Å²) in [5.41, 5.74) is 3.66. The van der Waals surface area contributed by atoms with Crippen molar-refractivity contribution >= 4 is 5.91 Å². The lowest BCUT2D eigenvalue weighted by atomic mass is 9.96. The van der Waals surface area contributed by atoms with Crippen LogP contribution in [0.5, 0.6) is 0 Å². The number of nitrogens with zero attached hydrogens (tertiary/aromatic N) is 4. The molecule has 1 amide bonds. The molecule has 0 saturated heterocycles. The first-order valence-corrected chi connectivity index (χ1v) is 8.93. The normalized spacial score (nSPS) is 19.8. The third-order valence-corrected chi connectivity index (χ3v) is 5.02. The number of fused-ring (bicyclic) bond motifs is 1. The van der Waals surface area contributed by atoms with E-state index in [4.69, 9.17) is 4.74 Å². The highest BCUT2D eigenvalue weighted by atomic mass is 16.5. The van der Waals surface area contributed by atoms with Crippen molar-refractivity contribution in [1.82, 2.24) is 19.7 Å². The van der Waals surface area contributed by atoms with Crippen molar-refractivity contribution in [2.45, 2.75) is 32.2 Å². The zero-order valence-corrected chi connectivity index (χ0v) is 14.8. The van der Waals surface area contributed by atoms with E-state index in [1.54, 1.807) is 6.07 Å². The number of amides is 1. The summed E-state index contributed by atoms with van der Waals surface area (Å²) in [6, 6.07) is 5.57. The molecule has 1 fully saturated rings. The molecular weight excluding hydrogens is 316 g/mol. The summed E-state index contributed by atoms with van der Waals surface area (Å²) >= 11 is 0. The molecule has 0 bridgehead atoms. The SMILES string of the molecule is Cc1cccc(C(=O)N2Cc3cnn(C)c3C(COCC3CC3)C2)n1. The number of carbonyl (C=O) groups is 1. The van der Waals surface area contributed by atoms with Gasteiger partial charge in [0, 0.05) is 43.9 Å². The molecule has 6 heteroatoms. The molecule has 1 atom stereocenters. The molecule has 132 valence electrons. The minimum absolute atomic E-state index is 0.0228. The Labute approximate surface area is 147 Å². The summed E-state index contributed by atoms with van der Waals surface area (Å²) in [6.07, 6.45) is 4.43. The Balaban J connectivity index is 1.53. The standard InChI is InChI=1S/C19H24N4O2/c1-13-4-3-5-17(21-13)19(24)23-9-15-8-20-22(2)18(15)16(10-23)12-25-11-14-6-7-14/h3-5,8,14,16H,6-7,9-12H2,1-2H3. The van der Waals surface area contributed by atoms with Crippen LogP contribution in [-0.2, 0) is 18.3 Å². The largest absolute Gasteiger partial charge is 0.380 e. The molecule has 0 N–H and O–H groups in total. The van der Waals surface area contributed by atoms with Crippen LogP contribution in [0.3, 0.4) is 0 Å². The minimum atomic E-state index is -0.0228. The van der Waals surface area contributed by atoms with Crippen LogP contribution in [0.4, 0.5) is 0 Å². The smallest absolute Gasteiger partial charge is 0.272 e. The van der Waals surface area contributed by atoms with Gasteiger partial charge >= 0.3 is 0 Å². The van der Waals surface area contributed by atoms with E-state index in [1.165, 1.54) is 18.5 Å². The maximum atomic E-state index is 12.9. The lowest BCUT2D eigenvalue weighted by Crippen LogP contribution is -2.40. The van der Waals surface area contributed by atoms with Crippen molar-refractivity contribution in [3.05, 3.63) is 47.0 Å². The van der Waals surface area contributed by atoms with Gasteiger partial charge in [0.05, 0.1) is 18.5 Å². The number of aryl methyl sites for hydroxylation is 2. The highest BCUT2D eigenvalue weighted by Gasteiger charge is 2.32. The van der Waals surface area contributed by atoms with Crippen molar-refractivity contribution in [1.29, 1.82) is 0 Å². The molecule has 2 aliphatic rings. The van der Waals surface area contributed by atoms with Crippen molar-refractivity contribution in [2.75, 3.05) is 19.8 Å². The zero-order valence-electron chi connectivity index (χ0n) is 14.8. The minimum Gasteiger partial charge on any atom is -0.380 e. The van der Waals surface area contributed by atoms with E-state index in [2.05, 4.69) is 10.1 Å². The fourth-order valence-electron chi connectivity index (χ4n) is 3.54. The van der Waals surface area contributed by atoms with E-state index in [0.29, 0.717) is 25.4 Å². The molecule has 2 aromatic rings. The lowest BCUT2D eigenvalue weighted by Gasteiger charge is -2.33. The van der Waals surface area contributed by atoms with E-state index in [0.717, 1.165) is 23.8 Å². The predicted octanol–water partition coefficient (Wildman–Crippen LogP) is 2.29. The molecule has 0 aromatic carbocycles. The average molecular weight is 340 g/mol. The van der Waals surface area contributed by atoms with Gasteiger partial charge < -0.3 is 9.64 Å². The van der Waals surface area contributed by atoms with E-state index < -0.39 is 0 Å². The third kappa shape index (κ3) is 3.44. The number of pyridine rings is 1. The van der Waals surface area contributed by atoms with Gasteiger partial charge in [-0.05, 0) is 37.8 Å². The quantitative estimate of drug-likeness (QED) is 0.838. The first kappa shape index (κ1) is 16.3. The molecule has 4 rings (SSSR count). The number of hydrogen-bond acceptors (Lipinski definition) is 4. The summed E-state index contributed by atoms with van der Waals surface area (Å²) in [7, 11) is 1.96. The topological polar surface area (TPSA) is 60.2 Å². The fourth-order valence-corrected chi connectivity index (χ4v) is 3.54. The van der Waals surface area contributed by atoms with Crippen LogP contribution in [0, 0.1) is 12.8 Å². The van der Waals surface area contributed by atoms with Crippen LogP contribution < -0.4 is 0 Å². The van der Waals surface area contributed by atoms with Crippen LogP contribution in [-0.4, -0.2) is 45.3 Å². The van der Waals surface area contributed by atoms with Gasteiger partial charge in [-0.25, -0.2) is 4.98 Å². The summed E-state index contributed by atoms with van der Waals surface area (Å²) in [5.74, 6) is 0.873. The summed E-state index contributed by atoms with van der Waals surface area (Å²) in [4.78, 5) is 19.2. The molecule has 0 radical (unpaired) electrons. The van der Waals surface area contributed by atoms with E-state index >= 15 is 0 Å². The van der Waals surface area contributed by atoms with Gasteiger partial charge in [0.15, 0.2) is 0 Å². The van der Waals surface area contributed by atoms with E-state index in [9.17, 15) is 4.79 Å². The van der Waals surface area contributed by atoms with Gasteiger partial charge in [0.1, 0.15) is 5.69 Å². The summed E-state index contributed by atoms with van der Waals surface area (Å²) in [6.45, 7) is 4.59. The molecular formula is C19H24N4O2.